The van der Waals surface area contributed by atoms with Crippen molar-refractivity contribution in [2.45, 2.75) is 45.9 Å². The van der Waals surface area contributed by atoms with Gasteiger partial charge in [-0.05, 0) is 63.4 Å². The minimum atomic E-state index is -2.85. The lowest BCUT2D eigenvalue weighted by molar-refractivity contribution is -0.0514. The van der Waals surface area contributed by atoms with Crippen molar-refractivity contribution >= 4 is 12.4 Å². The molecule has 0 spiro atoms. The minimum absolute atomic E-state index is 0. The van der Waals surface area contributed by atoms with Crippen LogP contribution in [0.15, 0.2) is 18.2 Å². The fourth-order valence-corrected chi connectivity index (χ4v) is 3.01. The molecule has 1 aromatic carbocycles. The van der Waals surface area contributed by atoms with Crippen molar-refractivity contribution in [1.82, 2.24) is 4.90 Å². The van der Waals surface area contributed by atoms with Crippen LogP contribution in [-0.2, 0) is 6.54 Å². The van der Waals surface area contributed by atoms with E-state index in [4.69, 9.17) is 10.5 Å². The van der Waals surface area contributed by atoms with Crippen molar-refractivity contribution in [2.24, 2.45) is 11.7 Å². The lowest BCUT2D eigenvalue weighted by atomic mass is 9.91. The summed E-state index contributed by atoms with van der Waals surface area (Å²) >= 11 is 0. The number of nitrogens with two attached hydrogens (primary N) is 1. The summed E-state index contributed by atoms with van der Waals surface area (Å²) in [5.74, 6) is 1.05. The molecule has 7 heteroatoms. The Kier molecular flexibility index (Phi) is 8.73. The predicted molar refractivity (Wildman–Crippen MR) is 93.1 cm³/mol. The highest BCUT2D eigenvalue weighted by Crippen LogP contribution is 2.31. The highest BCUT2D eigenvalue weighted by atomic mass is 35.5. The van der Waals surface area contributed by atoms with E-state index in [0.29, 0.717) is 18.3 Å². The zero-order valence-electron chi connectivity index (χ0n) is 14.2. The van der Waals surface area contributed by atoms with Crippen molar-refractivity contribution in [3.05, 3.63) is 23.8 Å². The summed E-state index contributed by atoms with van der Waals surface area (Å²) in [6.07, 6.45) is 2.20. The van der Waals surface area contributed by atoms with Gasteiger partial charge in [-0.2, -0.15) is 8.78 Å². The molecule has 0 aliphatic carbocycles. The molecule has 1 unspecified atom stereocenters. The lowest BCUT2D eigenvalue weighted by Gasteiger charge is -2.33. The number of hydrogen-bond acceptors (Lipinski definition) is 4. The maximum absolute atomic E-state index is 12.4. The third-order valence-electron chi connectivity index (χ3n) is 4.31. The van der Waals surface area contributed by atoms with Gasteiger partial charge in [0.15, 0.2) is 11.5 Å². The molecule has 138 valence electrons. The van der Waals surface area contributed by atoms with E-state index < -0.39 is 6.61 Å². The van der Waals surface area contributed by atoms with Crippen LogP contribution >= 0.6 is 12.4 Å². The number of rotatable bonds is 7. The van der Waals surface area contributed by atoms with Crippen LogP contribution in [-0.4, -0.2) is 37.2 Å². The maximum atomic E-state index is 12.4. The summed E-state index contributed by atoms with van der Waals surface area (Å²) in [6, 6.07) is 5.41. The fourth-order valence-electron chi connectivity index (χ4n) is 3.01. The molecule has 0 saturated carbocycles. The van der Waals surface area contributed by atoms with E-state index in [-0.39, 0.29) is 24.2 Å². The molecule has 24 heavy (non-hydrogen) atoms. The summed E-state index contributed by atoms with van der Waals surface area (Å²) in [7, 11) is 0. The number of nitrogens with zero attached hydrogens (tertiary/aromatic N) is 1. The van der Waals surface area contributed by atoms with E-state index in [1.165, 1.54) is 0 Å². The molecule has 1 atom stereocenters. The Morgan fingerprint density at radius 1 is 1.25 bits per heavy atom. The number of ether oxygens (including phenoxy) is 2. The molecule has 2 rings (SSSR count). The Bertz CT molecular complexity index is 495. The zero-order chi connectivity index (χ0) is 16.8. The molecule has 0 amide bonds. The van der Waals surface area contributed by atoms with Gasteiger partial charge < -0.3 is 15.2 Å². The summed E-state index contributed by atoms with van der Waals surface area (Å²) < 4.78 is 34.8. The lowest BCUT2D eigenvalue weighted by Crippen LogP contribution is -2.39. The number of benzene rings is 1. The van der Waals surface area contributed by atoms with Crippen molar-refractivity contribution in [1.29, 1.82) is 0 Å². The fraction of sp³-hybridized carbons (Fsp3) is 0.647. The SMILES string of the molecule is CCOc1cc(CN2CCC(C(C)N)CC2)ccc1OC(F)F.Cl. The van der Waals surface area contributed by atoms with Crippen LogP contribution in [0, 0.1) is 5.92 Å². The van der Waals surface area contributed by atoms with Crippen molar-refractivity contribution < 1.29 is 18.3 Å². The summed E-state index contributed by atoms with van der Waals surface area (Å²) in [5.41, 5.74) is 7.00. The van der Waals surface area contributed by atoms with E-state index in [9.17, 15) is 8.78 Å². The molecule has 4 nitrogen and oxygen atoms in total. The topological polar surface area (TPSA) is 47.7 Å². The molecule has 0 bridgehead atoms. The number of halogens is 3. The maximum Gasteiger partial charge on any atom is 0.387 e. The molecular weight excluding hydrogens is 338 g/mol. The smallest absolute Gasteiger partial charge is 0.387 e. The molecule has 0 radical (unpaired) electrons. The predicted octanol–water partition coefficient (Wildman–Crippen LogP) is 3.67. The molecule has 1 heterocycles. The number of alkyl halides is 2. The van der Waals surface area contributed by atoms with Crippen LogP contribution in [0.4, 0.5) is 8.78 Å². The Morgan fingerprint density at radius 2 is 1.92 bits per heavy atom. The van der Waals surface area contributed by atoms with Gasteiger partial charge in [0, 0.05) is 12.6 Å². The second-order valence-corrected chi connectivity index (χ2v) is 6.07. The van der Waals surface area contributed by atoms with Gasteiger partial charge in [-0.15, -0.1) is 12.4 Å². The number of likely N-dealkylation sites (tertiary alicyclic amines) is 1. The van der Waals surface area contributed by atoms with Crippen LogP contribution in [0.3, 0.4) is 0 Å². The minimum Gasteiger partial charge on any atom is -0.490 e. The Morgan fingerprint density at radius 3 is 2.46 bits per heavy atom. The largest absolute Gasteiger partial charge is 0.490 e. The van der Waals surface area contributed by atoms with Crippen LogP contribution in [0.1, 0.15) is 32.3 Å². The summed E-state index contributed by atoms with van der Waals surface area (Å²) in [6.45, 7) is 4.23. The van der Waals surface area contributed by atoms with E-state index >= 15 is 0 Å². The van der Waals surface area contributed by atoms with Crippen molar-refractivity contribution in [2.75, 3.05) is 19.7 Å². The van der Waals surface area contributed by atoms with Gasteiger partial charge >= 0.3 is 6.61 Å². The molecule has 1 aromatic rings. The first-order chi connectivity index (χ1) is 11.0. The second-order valence-electron chi connectivity index (χ2n) is 6.07. The quantitative estimate of drug-likeness (QED) is 0.802. The van der Waals surface area contributed by atoms with E-state index in [0.717, 1.165) is 38.0 Å². The molecule has 1 aliphatic heterocycles. The Balaban J connectivity index is 0.00000288. The van der Waals surface area contributed by atoms with Crippen molar-refractivity contribution in [3.63, 3.8) is 0 Å². The van der Waals surface area contributed by atoms with Gasteiger partial charge in [0.1, 0.15) is 0 Å². The average molecular weight is 365 g/mol. The Labute approximate surface area is 148 Å². The van der Waals surface area contributed by atoms with E-state index in [1.54, 1.807) is 12.1 Å². The standard InChI is InChI=1S/C17H26F2N2O2.ClH/c1-3-22-16-10-13(4-5-15(16)23-17(18)19)11-21-8-6-14(7-9-21)12(2)20;/h4-5,10,12,14,17H,3,6-9,11,20H2,1-2H3;1H. The number of hydrogen-bond donors (Lipinski definition) is 1. The molecule has 1 fully saturated rings. The summed E-state index contributed by atoms with van der Waals surface area (Å²) in [5, 5.41) is 0. The first-order valence-electron chi connectivity index (χ1n) is 8.18. The van der Waals surface area contributed by atoms with Gasteiger partial charge in [-0.1, -0.05) is 6.07 Å². The molecule has 1 aliphatic rings. The van der Waals surface area contributed by atoms with Crippen LogP contribution in [0.2, 0.25) is 0 Å². The molecule has 0 aromatic heterocycles. The van der Waals surface area contributed by atoms with Crippen LogP contribution < -0.4 is 15.2 Å². The third kappa shape index (κ3) is 6.07. The van der Waals surface area contributed by atoms with E-state index in [2.05, 4.69) is 16.6 Å². The summed E-state index contributed by atoms with van der Waals surface area (Å²) in [4.78, 5) is 2.36. The zero-order valence-corrected chi connectivity index (χ0v) is 15.0. The van der Waals surface area contributed by atoms with Crippen LogP contribution in [0.5, 0.6) is 11.5 Å². The van der Waals surface area contributed by atoms with Crippen LogP contribution in [0.25, 0.3) is 0 Å². The average Bonchev–Trinajstić information content (AvgIpc) is 2.50. The van der Waals surface area contributed by atoms with Gasteiger partial charge in [0.2, 0.25) is 0 Å². The van der Waals surface area contributed by atoms with Gasteiger partial charge in [0.25, 0.3) is 0 Å². The number of piperidine rings is 1. The first-order valence-corrected chi connectivity index (χ1v) is 8.18. The van der Waals surface area contributed by atoms with Gasteiger partial charge in [-0.25, -0.2) is 0 Å². The second kappa shape index (κ2) is 10.0. The monoisotopic (exact) mass is 364 g/mol. The molecule has 1 saturated heterocycles. The highest BCUT2D eigenvalue weighted by molar-refractivity contribution is 5.85. The molecular formula is C17H27ClF2N2O2. The van der Waals surface area contributed by atoms with E-state index in [1.807, 2.05) is 13.0 Å². The molecule has 2 N–H and O–H groups in total. The van der Waals surface area contributed by atoms with Gasteiger partial charge in [0.05, 0.1) is 6.61 Å². The Hall–Kier alpha value is -1.11. The van der Waals surface area contributed by atoms with Crippen molar-refractivity contribution in [3.8, 4) is 11.5 Å². The third-order valence-corrected chi connectivity index (χ3v) is 4.31. The van der Waals surface area contributed by atoms with Gasteiger partial charge in [-0.3, -0.25) is 4.90 Å². The first kappa shape index (κ1) is 20.9. The highest BCUT2D eigenvalue weighted by Gasteiger charge is 2.22. The normalized spacial score (nSPS) is 17.4.